The summed E-state index contributed by atoms with van der Waals surface area (Å²) in [5.74, 6) is -0.254. The van der Waals surface area contributed by atoms with Crippen molar-refractivity contribution in [2.24, 2.45) is 5.73 Å². The largest absolute Gasteiger partial charge is 0.317 e. The fraction of sp³-hybridized carbons (Fsp3) is 0.125. The number of nitrogens with zero attached hydrogens (tertiary/aromatic N) is 3. The highest BCUT2D eigenvalue weighted by atomic mass is 35.5. The second-order valence-electron chi connectivity index (χ2n) is 2.91. The number of nitrogens with one attached hydrogen (secondary N) is 1. The summed E-state index contributed by atoms with van der Waals surface area (Å²) in [5.41, 5.74) is 6.02. The molecule has 1 heterocycles. The molecule has 1 aromatic heterocycles. The van der Waals surface area contributed by atoms with Crippen molar-refractivity contribution in [1.29, 1.82) is 0 Å². The van der Waals surface area contributed by atoms with Gasteiger partial charge in [-0.25, -0.2) is 4.39 Å². The van der Waals surface area contributed by atoms with E-state index in [0.717, 1.165) is 0 Å². The Balaban J connectivity index is 2.38. The van der Waals surface area contributed by atoms with Gasteiger partial charge in [-0.2, -0.15) is 5.21 Å². The van der Waals surface area contributed by atoms with Gasteiger partial charge in [-0.05, 0) is 12.1 Å². The highest BCUT2D eigenvalue weighted by Gasteiger charge is 2.17. The Morgan fingerprint density at radius 3 is 2.87 bits per heavy atom. The number of aromatic nitrogens is 4. The lowest BCUT2D eigenvalue weighted by molar-refractivity contribution is 0.594. The summed E-state index contributed by atoms with van der Waals surface area (Å²) >= 11 is 5.62. The van der Waals surface area contributed by atoms with Crippen LogP contribution in [0, 0.1) is 5.82 Å². The molecule has 0 spiro atoms. The lowest BCUT2D eigenvalue weighted by atomic mass is 10.1. The van der Waals surface area contributed by atoms with Crippen LogP contribution < -0.4 is 5.73 Å². The minimum atomic E-state index is -0.749. The predicted molar refractivity (Wildman–Crippen MR) is 51.6 cm³/mol. The summed E-state index contributed by atoms with van der Waals surface area (Å²) in [4.78, 5) is 0. The maximum atomic E-state index is 13.4. The van der Waals surface area contributed by atoms with Gasteiger partial charge in [-0.1, -0.05) is 22.9 Å². The molecule has 0 aliphatic carbocycles. The van der Waals surface area contributed by atoms with Crippen molar-refractivity contribution >= 4 is 11.6 Å². The lowest BCUT2D eigenvalue weighted by Gasteiger charge is -2.08. The van der Waals surface area contributed by atoms with E-state index in [4.69, 9.17) is 17.3 Å². The van der Waals surface area contributed by atoms with Crippen LogP contribution in [0.1, 0.15) is 17.4 Å². The van der Waals surface area contributed by atoms with Crippen molar-refractivity contribution in [3.8, 4) is 0 Å². The van der Waals surface area contributed by atoms with E-state index < -0.39 is 11.9 Å². The average Bonchev–Trinajstić information content (AvgIpc) is 2.69. The summed E-state index contributed by atoms with van der Waals surface area (Å²) in [6.45, 7) is 0. The van der Waals surface area contributed by atoms with E-state index in [1.165, 1.54) is 12.1 Å². The number of hydrogen-bond acceptors (Lipinski definition) is 4. The van der Waals surface area contributed by atoms with Gasteiger partial charge in [-0.3, -0.25) is 0 Å². The summed E-state index contributed by atoms with van der Waals surface area (Å²) in [7, 11) is 0. The molecule has 0 radical (unpaired) electrons. The first-order valence-electron chi connectivity index (χ1n) is 4.12. The highest BCUT2D eigenvalue weighted by Crippen LogP contribution is 2.21. The number of benzene rings is 1. The van der Waals surface area contributed by atoms with Crippen LogP contribution in [0.25, 0.3) is 0 Å². The van der Waals surface area contributed by atoms with Gasteiger partial charge in [-0.15, -0.1) is 10.2 Å². The Morgan fingerprint density at radius 1 is 1.47 bits per heavy atom. The Morgan fingerprint density at radius 2 is 2.27 bits per heavy atom. The molecule has 1 unspecified atom stereocenters. The number of hydrogen-bond donors (Lipinski definition) is 2. The van der Waals surface area contributed by atoms with Crippen molar-refractivity contribution in [1.82, 2.24) is 20.6 Å². The van der Waals surface area contributed by atoms with Crippen molar-refractivity contribution in [3.63, 3.8) is 0 Å². The number of rotatable bonds is 2. The molecule has 78 valence electrons. The molecule has 0 saturated heterocycles. The van der Waals surface area contributed by atoms with Crippen LogP contribution in [0.4, 0.5) is 4.39 Å². The summed E-state index contributed by atoms with van der Waals surface area (Å²) in [6, 6.07) is 3.50. The van der Waals surface area contributed by atoms with E-state index in [9.17, 15) is 4.39 Å². The monoisotopic (exact) mass is 227 g/mol. The molecule has 15 heavy (non-hydrogen) atoms. The minimum Gasteiger partial charge on any atom is -0.317 e. The zero-order chi connectivity index (χ0) is 10.8. The Kier molecular flexibility index (Phi) is 2.61. The topological polar surface area (TPSA) is 80.5 Å². The average molecular weight is 228 g/mol. The van der Waals surface area contributed by atoms with E-state index in [1.54, 1.807) is 6.07 Å². The quantitative estimate of drug-likeness (QED) is 0.803. The highest BCUT2D eigenvalue weighted by molar-refractivity contribution is 6.30. The summed E-state index contributed by atoms with van der Waals surface area (Å²) < 4.78 is 13.4. The molecule has 1 aromatic carbocycles. The summed E-state index contributed by atoms with van der Waals surface area (Å²) in [5, 5.41) is 13.3. The van der Waals surface area contributed by atoms with E-state index in [-0.39, 0.29) is 11.4 Å². The smallest absolute Gasteiger partial charge is 0.195 e. The normalized spacial score (nSPS) is 12.7. The second kappa shape index (κ2) is 3.92. The van der Waals surface area contributed by atoms with Crippen molar-refractivity contribution in [3.05, 3.63) is 40.4 Å². The van der Waals surface area contributed by atoms with Crippen LogP contribution in [-0.4, -0.2) is 20.6 Å². The molecule has 2 rings (SSSR count). The third-order valence-electron chi connectivity index (χ3n) is 1.94. The van der Waals surface area contributed by atoms with Gasteiger partial charge >= 0.3 is 0 Å². The van der Waals surface area contributed by atoms with Crippen molar-refractivity contribution < 1.29 is 4.39 Å². The molecule has 0 fully saturated rings. The van der Waals surface area contributed by atoms with E-state index in [1.807, 2.05) is 0 Å². The first-order chi connectivity index (χ1) is 7.18. The standard InChI is InChI=1S/C8H7ClFN5/c9-4-1-2-5(6(10)3-4)7(11)8-12-14-15-13-8/h1-3,7H,11H2,(H,12,13,14,15). The molecule has 7 heteroatoms. The summed E-state index contributed by atoms with van der Waals surface area (Å²) in [6.07, 6.45) is 0. The fourth-order valence-electron chi connectivity index (χ4n) is 1.19. The molecule has 5 nitrogen and oxygen atoms in total. The molecule has 0 saturated carbocycles. The third-order valence-corrected chi connectivity index (χ3v) is 2.17. The van der Waals surface area contributed by atoms with E-state index >= 15 is 0 Å². The number of halogens is 2. The van der Waals surface area contributed by atoms with Gasteiger partial charge in [0.1, 0.15) is 5.82 Å². The molecule has 0 amide bonds. The Bertz CT molecular complexity index is 458. The Hall–Kier alpha value is -1.53. The molecule has 0 aliphatic heterocycles. The number of H-pyrrole nitrogens is 1. The van der Waals surface area contributed by atoms with Crippen LogP contribution in [-0.2, 0) is 0 Å². The van der Waals surface area contributed by atoms with Gasteiger partial charge in [0.2, 0.25) is 0 Å². The van der Waals surface area contributed by atoms with E-state index in [2.05, 4.69) is 20.6 Å². The van der Waals surface area contributed by atoms with Crippen LogP contribution >= 0.6 is 11.6 Å². The molecular weight excluding hydrogens is 221 g/mol. The number of aromatic amines is 1. The van der Waals surface area contributed by atoms with Gasteiger partial charge in [0.25, 0.3) is 0 Å². The molecule has 2 aromatic rings. The lowest BCUT2D eigenvalue weighted by Crippen LogP contribution is -2.15. The van der Waals surface area contributed by atoms with Gasteiger partial charge in [0.15, 0.2) is 5.82 Å². The zero-order valence-electron chi connectivity index (χ0n) is 7.48. The number of nitrogens with two attached hydrogens (primary N) is 1. The minimum absolute atomic E-state index is 0.233. The van der Waals surface area contributed by atoms with Gasteiger partial charge in [0.05, 0.1) is 6.04 Å². The number of tetrazole rings is 1. The molecule has 1 atom stereocenters. The molecule has 0 bridgehead atoms. The van der Waals surface area contributed by atoms with Crippen LogP contribution in [0.2, 0.25) is 5.02 Å². The fourth-order valence-corrected chi connectivity index (χ4v) is 1.35. The first kappa shape index (κ1) is 10.0. The zero-order valence-corrected chi connectivity index (χ0v) is 8.24. The van der Waals surface area contributed by atoms with E-state index in [0.29, 0.717) is 5.02 Å². The van der Waals surface area contributed by atoms with Crippen LogP contribution in [0.3, 0.4) is 0 Å². The molecular formula is C8H7ClFN5. The van der Waals surface area contributed by atoms with Crippen molar-refractivity contribution in [2.75, 3.05) is 0 Å². The van der Waals surface area contributed by atoms with Crippen molar-refractivity contribution in [2.45, 2.75) is 6.04 Å². The van der Waals surface area contributed by atoms with Gasteiger partial charge in [0, 0.05) is 10.6 Å². The molecule has 0 aliphatic rings. The maximum absolute atomic E-state index is 13.4. The first-order valence-corrected chi connectivity index (χ1v) is 4.50. The molecule has 3 N–H and O–H groups in total. The van der Waals surface area contributed by atoms with Gasteiger partial charge < -0.3 is 5.73 Å². The maximum Gasteiger partial charge on any atom is 0.195 e. The third kappa shape index (κ3) is 1.95. The van der Waals surface area contributed by atoms with Crippen LogP contribution in [0.15, 0.2) is 18.2 Å². The Labute approximate surface area is 89.4 Å². The SMILES string of the molecule is NC(c1nn[nH]n1)c1ccc(Cl)cc1F. The predicted octanol–water partition coefficient (Wildman–Crippen LogP) is 1.04. The second-order valence-corrected chi connectivity index (χ2v) is 3.35. The van der Waals surface area contributed by atoms with Crippen LogP contribution in [0.5, 0.6) is 0 Å².